The number of likely N-dealkylation sites (N-methyl/N-ethyl adjacent to an activating group) is 1. The molecule has 2 bridgehead atoms. The third kappa shape index (κ3) is 2.40. The Bertz CT molecular complexity index is 946. The van der Waals surface area contributed by atoms with Crippen molar-refractivity contribution in [3.63, 3.8) is 0 Å². The molecule has 0 radical (unpaired) electrons. The second-order valence-corrected chi connectivity index (χ2v) is 7.35. The van der Waals surface area contributed by atoms with Gasteiger partial charge in [0.15, 0.2) is 5.78 Å². The minimum absolute atomic E-state index is 0.0886. The van der Waals surface area contributed by atoms with Gasteiger partial charge in [0.2, 0.25) is 0 Å². The molecule has 4 heteroatoms. The molecule has 4 nitrogen and oxygen atoms in total. The lowest BCUT2D eigenvalue weighted by molar-refractivity contribution is -0.0702. The highest BCUT2D eigenvalue weighted by atomic mass is 16.5. The smallest absolute Gasteiger partial charge is 0.166 e. The van der Waals surface area contributed by atoms with Crippen LogP contribution >= 0.6 is 0 Å². The highest BCUT2D eigenvalue weighted by Gasteiger charge is 2.39. The molecule has 128 valence electrons. The van der Waals surface area contributed by atoms with Crippen molar-refractivity contribution >= 4 is 27.7 Å². The van der Waals surface area contributed by atoms with Gasteiger partial charge in [0, 0.05) is 34.3 Å². The number of rotatable bonds is 2. The lowest BCUT2D eigenvalue weighted by Crippen LogP contribution is -2.55. The van der Waals surface area contributed by atoms with Gasteiger partial charge in [0.25, 0.3) is 0 Å². The highest BCUT2D eigenvalue weighted by molar-refractivity contribution is 6.08. The molecule has 2 atom stereocenters. The Morgan fingerprint density at radius 3 is 2.52 bits per heavy atom. The Kier molecular flexibility index (Phi) is 3.43. The van der Waals surface area contributed by atoms with Crippen LogP contribution in [-0.4, -0.2) is 43.0 Å². The number of para-hydroxylation sites is 1. The average Bonchev–Trinajstić information content (AvgIpc) is 2.99. The summed E-state index contributed by atoms with van der Waals surface area (Å²) in [6.45, 7) is 1.48. The van der Waals surface area contributed by atoms with Crippen LogP contribution in [0.1, 0.15) is 23.2 Å². The number of piperidine rings is 1. The number of fused-ring (bicyclic) bond motifs is 5. The summed E-state index contributed by atoms with van der Waals surface area (Å²) in [5, 5.41) is 2.10. The van der Waals surface area contributed by atoms with E-state index >= 15 is 0 Å². The number of ether oxygens (including phenoxy) is 1. The molecule has 0 spiro atoms. The summed E-state index contributed by atoms with van der Waals surface area (Å²) in [7, 11) is 2.15. The van der Waals surface area contributed by atoms with Gasteiger partial charge in [0.05, 0.1) is 13.2 Å². The number of carbonyl (C=O) groups excluding carboxylic acids is 1. The van der Waals surface area contributed by atoms with Crippen molar-refractivity contribution in [1.82, 2.24) is 4.90 Å². The average molecular weight is 335 g/mol. The Morgan fingerprint density at radius 2 is 1.72 bits per heavy atom. The molecule has 3 heterocycles. The molecule has 2 aliphatic heterocycles. The molecule has 0 amide bonds. The monoisotopic (exact) mass is 335 g/mol. The minimum atomic E-state index is 0.0886. The number of nitrogens with zero attached hydrogens (tertiary/aromatic N) is 1. The first-order chi connectivity index (χ1) is 12.2. The second-order valence-electron chi connectivity index (χ2n) is 7.35. The molecule has 3 aromatic rings. The van der Waals surface area contributed by atoms with Crippen LogP contribution in [0, 0.1) is 5.92 Å². The first kappa shape index (κ1) is 15.1. The van der Waals surface area contributed by atoms with Crippen molar-refractivity contribution < 1.29 is 13.9 Å². The number of benzene rings is 2. The summed E-state index contributed by atoms with van der Waals surface area (Å²) < 4.78 is 11.5. The molecule has 2 unspecified atom stereocenters. The fourth-order valence-corrected chi connectivity index (χ4v) is 4.42. The van der Waals surface area contributed by atoms with E-state index in [2.05, 4.69) is 11.9 Å². The molecule has 0 aliphatic carbocycles. The molecule has 2 fully saturated rings. The number of carbonyl (C=O) groups is 1. The van der Waals surface area contributed by atoms with Crippen LogP contribution in [0.15, 0.2) is 46.9 Å². The zero-order chi connectivity index (χ0) is 17.0. The Labute approximate surface area is 146 Å². The van der Waals surface area contributed by atoms with Crippen LogP contribution < -0.4 is 0 Å². The third-order valence-corrected chi connectivity index (χ3v) is 5.92. The predicted octanol–water partition coefficient (Wildman–Crippen LogP) is 3.88. The lowest BCUT2D eigenvalue weighted by atomic mass is 9.81. The highest BCUT2D eigenvalue weighted by Crippen LogP contribution is 2.34. The first-order valence-electron chi connectivity index (χ1n) is 8.96. The SMILES string of the molecule is CN1C2COCC1CC(C(=O)c1ccc3oc4ccccc4c3c1)C2. The zero-order valence-electron chi connectivity index (χ0n) is 14.3. The molecule has 5 rings (SSSR count). The molecule has 25 heavy (non-hydrogen) atoms. The molecular weight excluding hydrogens is 314 g/mol. The maximum atomic E-state index is 13.1. The van der Waals surface area contributed by atoms with Crippen molar-refractivity contribution in [2.24, 2.45) is 5.92 Å². The molecule has 2 aromatic carbocycles. The van der Waals surface area contributed by atoms with Crippen LogP contribution in [0.4, 0.5) is 0 Å². The van der Waals surface area contributed by atoms with Crippen LogP contribution in [-0.2, 0) is 4.74 Å². The van der Waals surface area contributed by atoms with E-state index in [-0.39, 0.29) is 11.7 Å². The Morgan fingerprint density at radius 1 is 1.00 bits per heavy atom. The zero-order valence-corrected chi connectivity index (χ0v) is 14.3. The van der Waals surface area contributed by atoms with Gasteiger partial charge in [-0.05, 0) is 44.2 Å². The van der Waals surface area contributed by atoms with E-state index in [1.54, 1.807) is 0 Å². The number of Topliss-reactive ketones (excluding diaryl/α,β-unsaturated/α-hetero) is 1. The van der Waals surface area contributed by atoms with Gasteiger partial charge in [-0.15, -0.1) is 0 Å². The first-order valence-corrected chi connectivity index (χ1v) is 8.96. The third-order valence-electron chi connectivity index (χ3n) is 5.92. The number of hydrogen-bond donors (Lipinski definition) is 0. The summed E-state index contributed by atoms with van der Waals surface area (Å²) in [5.41, 5.74) is 2.51. The predicted molar refractivity (Wildman–Crippen MR) is 96.9 cm³/mol. The number of furan rings is 1. The van der Waals surface area contributed by atoms with Gasteiger partial charge < -0.3 is 9.15 Å². The number of ketones is 1. The van der Waals surface area contributed by atoms with Gasteiger partial charge in [-0.2, -0.15) is 0 Å². The van der Waals surface area contributed by atoms with Crippen LogP contribution in [0.5, 0.6) is 0 Å². The van der Waals surface area contributed by atoms with E-state index in [9.17, 15) is 4.79 Å². The second kappa shape index (κ2) is 5.68. The van der Waals surface area contributed by atoms with Gasteiger partial charge >= 0.3 is 0 Å². The normalized spacial score (nSPS) is 27.0. The van der Waals surface area contributed by atoms with E-state index in [0.29, 0.717) is 12.1 Å². The molecule has 0 N–H and O–H groups in total. The Hall–Kier alpha value is -2.17. The van der Waals surface area contributed by atoms with E-state index in [4.69, 9.17) is 9.15 Å². The number of morpholine rings is 1. The van der Waals surface area contributed by atoms with Crippen molar-refractivity contribution in [2.75, 3.05) is 20.3 Å². The van der Waals surface area contributed by atoms with Gasteiger partial charge in [0.1, 0.15) is 11.2 Å². The molecule has 2 aliphatic rings. The van der Waals surface area contributed by atoms with Gasteiger partial charge in [-0.1, -0.05) is 18.2 Å². The van der Waals surface area contributed by atoms with E-state index in [1.807, 2.05) is 42.5 Å². The van der Waals surface area contributed by atoms with E-state index in [1.165, 1.54) is 0 Å². The topological polar surface area (TPSA) is 42.7 Å². The van der Waals surface area contributed by atoms with Crippen molar-refractivity contribution in [3.05, 3.63) is 48.0 Å². The maximum Gasteiger partial charge on any atom is 0.166 e. The van der Waals surface area contributed by atoms with E-state index < -0.39 is 0 Å². The fraction of sp³-hybridized carbons (Fsp3) is 0.381. The standard InChI is InChI=1S/C21H21NO3/c1-22-15-8-14(9-16(22)12-24-11-15)21(23)13-6-7-20-18(10-13)17-4-2-3-5-19(17)25-20/h2-7,10,14-16H,8-9,11-12H2,1H3. The van der Waals surface area contributed by atoms with Crippen LogP contribution in [0.2, 0.25) is 0 Å². The van der Waals surface area contributed by atoms with Gasteiger partial charge in [-0.25, -0.2) is 0 Å². The maximum absolute atomic E-state index is 13.1. The molecule has 1 aromatic heterocycles. The summed E-state index contributed by atoms with van der Waals surface area (Å²) in [5.74, 6) is 0.350. The fourth-order valence-electron chi connectivity index (χ4n) is 4.42. The van der Waals surface area contributed by atoms with Crippen molar-refractivity contribution in [3.8, 4) is 0 Å². The van der Waals surface area contributed by atoms with Crippen molar-refractivity contribution in [2.45, 2.75) is 24.9 Å². The summed E-state index contributed by atoms with van der Waals surface area (Å²) in [6, 6.07) is 14.6. The van der Waals surface area contributed by atoms with Crippen molar-refractivity contribution in [1.29, 1.82) is 0 Å². The summed E-state index contributed by atoms with van der Waals surface area (Å²) >= 11 is 0. The summed E-state index contributed by atoms with van der Waals surface area (Å²) in [4.78, 5) is 15.5. The largest absolute Gasteiger partial charge is 0.456 e. The molecule has 0 saturated carbocycles. The van der Waals surface area contributed by atoms with E-state index in [0.717, 1.165) is 53.6 Å². The van der Waals surface area contributed by atoms with Crippen LogP contribution in [0.25, 0.3) is 21.9 Å². The van der Waals surface area contributed by atoms with Gasteiger partial charge in [-0.3, -0.25) is 9.69 Å². The minimum Gasteiger partial charge on any atom is -0.456 e. The summed E-state index contributed by atoms with van der Waals surface area (Å²) in [6.07, 6.45) is 1.77. The quantitative estimate of drug-likeness (QED) is 0.667. The molecule has 2 saturated heterocycles. The number of hydrogen-bond acceptors (Lipinski definition) is 4. The molecular formula is C21H21NO3. The van der Waals surface area contributed by atoms with Crippen LogP contribution in [0.3, 0.4) is 0 Å². The Balaban J connectivity index is 1.50. The lowest BCUT2D eigenvalue weighted by Gasteiger charge is -2.46.